The number of urea groups is 1. The zero-order chi connectivity index (χ0) is 20.1. The van der Waals surface area contributed by atoms with Gasteiger partial charge in [-0.2, -0.15) is 5.10 Å². The second kappa shape index (κ2) is 6.97. The molecule has 2 heterocycles. The summed E-state index contributed by atoms with van der Waals surface area (Å²) in [6.07, 6.45) is 7.48. The summed E-state index contributed by atoms with van der Waals surface area (Å²) >= 11 is 0. The highest BCUT2D eigenvalue weighted by atomic mass is 32.2. The van der Waals surface area contributed by atoms with Gasteiger partial charge in [0.25, 0.3) is 0 Å². The maximum atomic E-state index is 13.0. The zero-order valence-electron chi connectivity index (χ0n) is 16.5. The SMILES string of the molecule is Cc1cn(C(C)C)nc1[S@@](N)(=O)=NC(=O)Nc1c2c(nc3c1CCC3)CCC2. The van der Waals surface area contributed by atoms with E-state index in [-0.39, 0.29) is 11.1 Å². The van der Waals surface area contributed by atoms with Gasteiger partial charge in [0.15, 0.2) is 14.9 Å². The lowest BCUT2D eigenvalue weighted by Gasteiger charge is -2.14. The van der Waals surface area contributed by atoms with Crippen LogP contribution in [0.5, 0.6) is 0 Å². The molecule has 0 spiro atoms. The maximum Gasteiger partial charge on any atom is 0.354 e. The summed E-state index contributed by atoms with van der Waals surface area (Å²) in [5.74, 6) is 0. The molecule has 0 aromatic carbocycles. The van der Waals surface area contributed by atoms with Crippen molar-refractivity contribution in [3.05, 3.63) is 34.3 Å². The summed E-state index contributed by atoms with van der Waals surface area (Å²) in [4.78, 5) is 17.4. The second-order valence-electron chi connectivity index (χ2n) is 7.83. The molecule has 9 heteroatoms. The fourth-order valence-corrected chi connectivity index (χ4v) is 5.16. The summed E-state index contributed by atoms with van der Waals surface area (Å²) < 4.78 is 18.5. The molecule has 3 N–H and O–H groups in total. The lowest BCUT2D eigenvalue weighted by Crippen LogP contribution is -2.20. The number of carbonyl (C=O) groups excluding carboxylic acids is 1. The average Bonchev–Trinajstić information content (AvgIpc) is 3.32. The van der Waals surface area contributed by atoms with Crippen molar-refractivity contribution in [2.75, 3.05) is 5.32 Å². The van der Waals surface area contributed by atoms with Crippen LogP contribution < -0.4 is 10.5 Å². The highest BCUT2D eigenvalue weighted by Crippen LogP contribution is 2.36. The molecule has 2 aromatic rings. The summed E-state index contributed by atoms with van der Waals surface area (Å²) in [5.41, 5.74) is 5.78. The Labute approximate surface area is 165 Å². The predicted octanol–water partition coefficient (Wildman–Crippen LogP) is 3.08. The Kier molecular flexibility index (Phi) is 4.75. The van der Waals surface area contributed by atoms with Gasteiger partial charge in [-0.25, -0.2) is 14.1 Å². The van der Waals surface area contributed by atoms with E-state index in [1.807, 2.05) is 13.8 Å². The lowest BCUT2D eigenvalue weighted by molar-refractivity contribution is 0.260. The van der Waals surface area contributed by atoms with E-state index in [9.17, 15) is 9.00 Å². The Morgan fingerprint density at radius 1 is 1.21 bits per heavy atom. The van der Waals surface area contributed by atoms with Crippen LogP contribution in [0.2, 0.25) is 0 Å². The minimum atomic E-state index is -3.44. The van der Waals surface area contributed by atoms with Gasteiger partial charge in [0, 0.05) is 29.2 Å². The van der Waals surface area contributed by atoms with Gasteiger partial charge in [-0.1, -0.05) is 0 Å². The third kappa shape index (κ3) is 3.33. The van der Waals surface area contributed by atoms with Crippen molar-refractivity contribution >= 4 is 21.6 Å². The van der Waals surface area contributed by atoms with Crippen molar-refractivity contribution in [1.29, 1.82) is 0 Å². The van der Waals surface area contributed by atoms with Crippen LogP contribution in [0.4, 0.5) is 10.5 Å². The molecule has 1 atom stereocenters. The molecule has 4 rings (SSSR count). The minimum absolute atomic E-state index is 0.0958. The number of hydrogen-bond donors (Lipinski definition) is 2. The van der Waals surface area contributed by atoms with Crippen molar-refractivity contribution in [2.24, 2.45) is 9.50 Å². The number of aryl methyl sites for hydroxylation is 3. The van der Waals surface area contributed by atoms with Crippen LogP contribution in [0.3, 0.4) is 0 Å². The Balaban J connectivity index is 1.68. The normalized spacial score (nSPS) is 17.3. The number of hydrogen-bond acceptors (Lipinski definition) is 4. The predicted molar refractivity (Wildman–Crippen MR) is 108 cm³/mol. The molecule has 8 nitrogen and oxygen atoms in total. The summed E-state index contributed by atoms with van der Waals surface area (Å²) in [6, 6.07) is -0.598. The largest absolute Gasteiger partial charge is 0.354 e. The standard InChI is InChI=1S/C19H26N6O2S/c1-11(2)25-10-12(3)18(23-25)28(20,27)24-19(26)22-17-13-6-4-8-15(13)21-16-9-5-7-14(16)17/h10-11H,4-9H2,1-3H3,(H3,20,21,22,24,26,27)/t28-/m0/s1. The lowest BCUT2D eigenvalue weighted by atomic mass is 10.1. The van der Waals surface area contributed by atoms with Gasteiger partial charge >= 0.3 is 6.03 Å². The number of carbonyl (C=O) groups is 1. The van der Waals surface area contributed by atoms with E-state index >= 15 is 0 Å². The third-order valence-corrected chi connectivity index (χ3v) is 6.77. The first-order valence-electron chi connectivity index (χ1n) is 9.71. The van der Waals surface area contributed by atoms with Gasteiger partial charge in [0.2, 0.25) is 0 Å². The van der Waals surface area contributed by atoms with Gasteiger partial charge in [0.1, 0.15) is 0 Å². The van der Waals surface area contributed by atoms with Crippen LogP contribution in [0.25, 0.3) is 0 Å². The van der Waals surface area contributed by atoms with Gasteiger partial charge in [-0.05, 0) is 70.4 Å². The molecule has 0 unspecified atom stereocenters. The van der Waals surface area contributed by atoms with Gasteiger partial charge in [0.05, 0.1) is 5.69 Å². The first-order valence-corrected chi connectivity index (χ1v) is 11.3. The molecule has 0 saturated heterocycles. The van der Waals surface area contributed by atoms with Crippen LogP contribution in [0, 0.1) is 6.92 Å². The Bertz CT molecular complexity index is 1050. The number of anilines is 1. The summed E-state index contributed by atoms with van der Waals surface area (Å²) in [6.45, 7) is 5.69. The van der Waals surface area contributed by atoms with E-state index in [4.69, 9.17) is 10.1 Å². The fraction of sp³-hybridized carbons (Fsp3) is 0.526. The van der Waals surface area contributed by atoms with Gasteiger partial charge in [-0.15, -0.1) is 4.36 Å². The third-order valence-electron chi connectivity index (χ3n) is 5.38. The number of pyridine rings is 1. The van der Waals surface area contributed by atoms with E-state index in [0.29, 0.717) is 5.56 Å². The molecule has 0 bridgehead atoms. The highest BCUT2D eigenvalue weighted by Gasteiger charge is 2.27. The van der Waals surface area contributed by atoms with Crippen molar-refractivity contribution in [1.82, 2.24) is 14.8 Å². The Morgan fingerprint density at radius 2 is 1.82 bits per heavy atom. The van der Waals surface area contributed by atoms with E-state index in [1.54, 1.807) is 17.8 Å². The highest BCUT2D eigenvalue weighted by molar-refractivity contribution is 7.91. The van der Waals surface area contributed by atoms with Crippen LogP contribution in [-0.2, 0) is 35.6 Å². The number of amides is 2. The first kappa shape index (κ1) is 19.1. The van der Waals surface area contributed by atoms with Crippen molar-refractivity contribution in [2.45, 2.75) is 70.4 Å². The van der Waals surface area contributed by atoms with E-state index in [2.05, 4.69) is 14.8 Å². The van der Waals surface area contributed by atoms with Gasteiger partial charge < -0.3 is 5.32 Å². The van der Waals surface area contributed by atoms with Crippen molar-refractivity contribution < 1.29 is 9.00 Å². The Hall–Kier alpha value is -2.26. The maximum absolute atomic E-state index is 13.0. The molecule has 150 valence electrons. The molecule has 0 aliphatic heterocycles. The van der Waals surface area contributed by atoms with Crippen LogP contribution in [-0.4, -0.2) is 25.0 Å². The molecule has 0 fully saturated rings. The number of aromatic nitrogens is 3. The molecular formula is C19H26N6O2S. The average molecular weight is 403 g/mol. The molecule has 2 amide bonds. The molecule has 2 aromatic heterocycles. The molecule has 28 heavy (non-hydrogen) atoms. The fourth-order valence-electron chi connectivity index (χ4n) is 4.05. The van der Waals surface area contributed by atoms with Crippen molar-refractivity contribution in [3.63, 3.8) is 0 Å². The number of rotatable bonds is 3. The van der Waals surface area contributed by atoms with Crippen molar-refractivity contribution in [3.8, 4) is 0 Å². The van der Waals surface area contributed by atoms with E-state index < -0.39 is 15.9 Å². The molecular weight excluding hydrogens is 376 g/mol. The van der Waals surface area contributed by atoms with Crippen LogP contribution in [0.15, 0.2) is 15.6 Å². The molecule has 0 radical (unpaired) electrons. The van der Waals surface area contributed by atoms with Crippen LogP contribution in [0.1, 0.15) is 60.8 Å². The summed E-state index contributed by atoms with van der Waals surface area (Å²) in [5, 5.41) is 13.3. The Morgan fingerprint density at radius 3 is 2.36 bits per heavy atom. The van der Waals surface area contributed by atoms with Gasteiger partial charge in [-0.3, -0.25) is 9.67 Å². The smallest absolute Gasteiger partial charge is 0.305 e. The monoisotopic (exact) mass is 402 g/mol. The summed E-state index contributed by atoms with van der Waals surface area (Å²) in [7, 11) is -3.44. The molecule has 2 aliphatic rings. The number of fused-ring (bicyclic) bond motifs is 2. The zero-order valence-corrected chi connectivity index (χ0v) is 17.3. The number of nitrogens with one attached hydrogen (secondary N) is 1. The number of nitrogens with two attached hydrogens (primary N) is 1. The van der Waals surface area contributed by atoms with Crippen LogP contribution >= 0.6 is 0 Å². The quantitative estimate of drug-likeness (QED) is 0.821. The second-order valence-corrected chi connectivity index (χ2v) is 9.53. The first-order chi connectivity index (χ1) is 13.3. The topological polar surface area (TPSA) is 115 Å². The molecule has 2 aliphatic carbocycles. The number of nitrogens with zero attached hydrogens (tertiary/aromatic N) is 4. The van der Waals surface area contributed by atoms with E-state index in [1.165, 1.54) is 0 Å². The minimum Gasteiger partial charge on any atom is -0.305 e. The molecule has 0 saturated carbocycles. The van der Waals surface area contributed by atoms with E-state index in [0.717, 1.165) is 66.7 Å².